The predicted octanol–water partition coefficient (Wildman–Crippen LogP) is 2.93. The van der Waals surface area contributed by atoms with E-state index in [0.29, 0.717) is 11.4 Å². The maximum atomic E-state index is 11.7. The fourth-order valence-electron chi connectivity index (χ4n) is 1.35. The van der Waals surface area contributed by atoms with E-state index in [2.05, 4.69) is 10.3 Å². The lowest BCUT2D eigenvalue weighted by atomic mass is 10.4. The summed E-state index contributed by atoms with van der Waals surface area (Å²) < 4.78 is 0. The van der Waals surface area contributed by atoms with E-state index in [4.69, 9.17) is 0 Å². The summed E-state index contributed by atoms with van der Waals surface area (Å²) in [6.45, 7) is 4.43. The third-order valence-corrected chi connectivity index (χ3v) is 4.27. The zero-order chi connectivity index (χ0) is 11.5. The normalized spacial score (nSPS) is 10.4. The third kappa shape index (κ3) is 2.15. The minimum atomic E-state index is -0.0275. The molecule has 5 heteroatoms. The number of aromatic nitrogens is 1. The van der Waals surface area contributed by atoms with Crippen molar-refractivity contribution in [3.05, 3.63) is 28.1 Å². The van der Waals surface area contributed by atoms with Crippen LogP contribution >= 0.6 is 22.7 Å². The van der Waals surface area contributed by atoms with Gasteiger partial charge < -0.3 is 5.32 Å². The molecule has 2 aromatic rings. The molecule has 0 saturated carbocycles. The van der Waals surface area contributed by atoms with Crippen LogP contribution in [0.1, 0.15) is 22.3 Å². The molecule has 0 unspecified atom stereocenters. The van der Waals surface area contributed by atoms with Crippen LogP contribution in [0.2, 0.25) is 0 Å². The van der Waals surface area contributed by atoms with Crippen LogP contribution in [0.5, 0.6) is 0 Å². The highest BCUT2D eigenvalue weighted by Gasteiger charge is 2.15. The molecule has 84 valence electrons. The van der Waals surface area contributed by atoms with Gasteiger partial charge in [-0.05, 0) is 25.3 Å². The van der Waals surface area contributed by atoms with Gasteiger partial charge in [-0.25, -0.2) is 4.98 Å². The molecule has 1 N–H and O–H groups in total. The van der Waals surface area contributed by atoms with Gasteiger partial charge in [0.25, 0.3) is 5.91 Å². The minimum absolute atomic E-state index is 0.0275. The van der Waals surface area contributed by atoms with E-state index in [1.807, 2.05) is 31.4 Å². The zero-order valence-corrected chi connectivity index (χ0v) is 10.7. The van der Waals surface area contributed by atoms with Gasteiger partial charge in [0.05, 0.1) is 10.6 Å². The monoisotopic (exact) mass is 252 g/mol. The van der Waals surface area contributed by atoms with Crippen molar-refractivity contribution in [1.82, 2.24) is 10.3 Å². The Hall–Kier alpha value is -1.20. The molecule has 0 radical (unpaired) electrons. The number of thiazole rings is 1. The number of carbonyl (C=O) groups excluding carboxylic acids is 1. The van der Waals surface area contributed by atoms with Crippen molar-refractivity contribution in [1.29, 1.82) is 0 Å². The number of nitrogens with one attached hydrogen (secondary N) is 1. The minimum Gasteiger partial charge on any atom is -0.352 e. The maximum absolute atomic E-state index is 11.7. The van der Waals surface area contributed by atoms with Crippen LogP contribution in [0.3, 0.4) is 0 Å². The first-order valence-corrected chi connectivity index (χ1v) is 6.71. The Balaban J connectivity index is 2.32. The number of hydrogen-bond donors (Lipinski definition) is 1. The van der Waals surface area contributed by atoms with Gasteiger partial charge in [0.15, 0.2) is 0 Å². The first kappa shape index (κ1) is 11.3. The van der Waals surface area contributed by atoms with Crippen LogP contribution in [0.25, 0.3) is 9.88 Å². The molecule has 3 nitrogen and oxygen atoms in total. The van der Waals surface area contributed by atoms with E-state index in [0.717, 1.165) is 15.6 Å². The zero-order valence-electron chi connectivity index (χ0n) is 9.11. The molecule has 0 aliphatic heterocycles. The quantitative estimate of drug-likeness (QED) is 0.912. The topological polar surface area (TPSA) is 42.0 Å². The Bertz CT molecular complexity index is 488. The first-order chi connectivity index (χ1) is 7.72. The largest absolute Gasteiger partial charge is 0.352 e. The van der Waals surface area contributed by atoms with E-state index in [-0.39, 0.29) is 5.91 Å². The average Bonchev–Trinajstić information content (AvgIpc) is 2.86. The summed E-state index contributed by atoms with van der Waals surface area (Å²) >= 11 is 3.09. The Labute approximate surface area is 102 Å². The summed E-state index contributed by atoms with van der Waals surface area (Å²) in [5, 5.41) is 5.73. The molecule has 0 spiro atoms. The molecule has 0 aliphatic carbocycles. The Morgan fingerprint density at radius 2 is 2.38 bits per heavy atom. The first-order valence-electron chi connectivity index (χ1n) is 5.02. The van der Waals surface area contributed by atoms with E-state index in [1.165, 1.54) is 11.3 Å². The Morgan fingerprint density at radius 1 is 1.56 bits per heavy atom. The number of aryl methyl sites for hydroxylation is 1. The average molecular weight is 252 g/mol. The van der Waals surface area contributed by atoms with Gasteiger partial charge in [-0.1, -0.05) is 6.07 Å². The molecule has 0 atom stereocenters. The summed E-state index contributed by atoms with van der Waals surface area (Å²) in [5.41, 5.74) is 0.805. The molecule has 16 heavy (non-hydrogen) atoms. The van der Waals surface area contributed by atoms with Gasteiger partial charge in [-0.15, -0.1) is 22.7 Å². The highest BCUT2D eigenvalue weighted by atomic mass is 32.1. The van der Waals surface area contributed by atoms with E-state index in [9.17, 15) is 4.79 Å². The Kier molecular flexibility index (Phi) is 3.36. The van der Waals surface area contributed by atoms with Crippen LogP contribution in [0.4, 0.5) is 0 Å². The number of thiophene rings is 1. The number of rotatable bonds is 3. The number of carbonyl (C=O) groups is 1. The number of nitrogens with zero attached hydrogens (tertiary/aromatic N) is 1. The molecular weight excluding hydrogens is 240 g/mol. The molecule has 2 heterocycles. The molecule has 0 bridgehead atoms. The summed E-state index contributed by atoms with van der Waals surface area (Å²) in [6, 6.07) is 4.01. The van der Waals surface area contributed by atoms with Crippen LogP contribution in [-0.4, -0.2) is 17.4 Å². The summed E-state index contributed by atoms with van der Waals surface area (Å²) in [4.78, 5) is 18.0. The highest BCUT2D eigenvalue weighted by molar-refractivity contribution is 7.22. The molecular formula is C11H12N2OS2. The number of hydrogen-bond acceptors (Lipinski definition) is 4. The van der Waals surface area contributed by atoms with E-state index >= 15 is 0 Å². The predicted molar refractivity (Wildman–Crippen MR) is 68.2 cm³/mol. The van der Waals surface area contributed by atoms with E-state index in [1.54, 1.807) is 11.3 Å². The molecule has 0 aliphatic rings. The lowest BCUT2D eigenvalue weighted by molar-refractivity contribution is 0.0959. The van der Waals surface area contributed by atoms with Crippen molar-refractivity contribution in [3.63, 3.8) is 0 Å². The van der Waals surface area contributed by atoms with Crippen LogP contribution < -0.4 is 5.32 Å². The molecule has 0 fully saturated rings. The third-order valence-electron chi connectivity index (χ3n) is 2.07. The summed E-state index contributed by atoms with van der Waals surface area (Å²) in [6.07, 6.45) is 0. The second-order valence-electron chi connectivity index (χ2n) is 3.27. The van der Waals surface area contributed by atoms with Crippen molar-refractivity contribution < 1.29 is 4.79 Å². The molecule has 2 aromatic heterocycles. The fourth-order valence-corrected chi connectivity index (χ4v) is 3.13. The van der Waals surface area contributed by atoms with Gasteiger partial charge in [-0.3, -0.25) is 4.79 Å². The second kappa shape index (κ2) is 4.76. The lowest BCUT2D eigenvalue weighted by Gasteiger charge is -1.97. The molecule has 0 saturated heterocycles. The van der Waals surface area contributed by atoms with Crippen molar-refractivity contribution in [2.75, 3.05) is 6.54 Å². The second-order valence-corrected chi connectivity index (χ2v) is 5.22. The lowest BCUT2D eigenvalue weighted by Crippen LogP contribution is -2.22. The number of amides is 1. The van der Waals surface area contributed by atoms with E-state index < -0.39 is 0 Å². The SMILES string of the molecule is CCNC(=O)c1sc(-c2cccs2)nc1C. The van der Waals surface area contributed by atoms with Gasteiger partial charge in [0, 0.05) is 6.54 Å². The summed E-state index contributed by atoms with van der Waals surface area (Å²) in [7, 11) is 0. The van der Waals surface area contributed by atoms with Gasteiger partial charge in [0.2, 0.25) is 0 Å². The smallest absolute Gasteiger partial charge is 0.263 e. The van der Waals surface area contributed by atoms with Gasteiger partial charge in [0.1, 0.15) is 9.88 Å². The van der Waals surface area contributed by atoms with Crippen LogP contribution in [0, 0.1) is 6.92 Å². The van der Waals surface area contributed by atoms with Crippen molar-refractivity contribution in [2.45, 2.75) is 13.8 Å². The summed E-state index contributed by atoms with van der Waals surface area (Å²) in [5.74, 6) is -0.0275. The van der Waals surface area contributed by atoms with Gasteiger partial charge in [-0.2, -0.15) is 0 Å². The molecule has 0 aromatic carbocycles. The standard InChI is InChI=1S/C11H12N2OS2/c1-3-12-10(14)9-7(2)13-11(16-9)8-5-4-6-15-8/h4-6H,3H2,1-2H3,(H,12,14). The highest BCUT2D eigenvalue weighted by Crippen LogP contribution is 2.30. The maximum Gasteiger partial charge on any atom is 0.263 e. The van der Waals surface area contributed by atoms with Crippen LogP contribution in [-0.2, 0) is 0 Å². The Morgan fingerprint density at radius 3 is 3.00 bits per heavy atom. The van der Waals surface area contributed by atoms with Gasteiger partial charge >= 0.3 is 0 Å². The van der Waals surface area contributed by atoms with Crippen molar-refractivity contribution >= 4 is 28.6 Å². The fraction of sp³-hybridized carbons (Fsp3) is 0.273. The van der Waals surface area contributed by atoms with Crippen LogP contribution in [0.15, 0.2) is 17.5 Å². The molecule has 2 rings (SSSR count). The molecule has 1 amide bonds. The van der Waals surface area contributed by atoms with Crippen molar-refractivity contribution in [3.8, 4) is 9.88 Å². The van der Waals surface area contributed by atoms with Crippen molar-refractivity contribution in [2.24, 2.45) is 0 Å².